The van der Waals surface area contributed by atoms with Gasteiger partial charge in [-0.1, -0.05) is 36.9 Å². The minimum atomic E-state index is -0.229. The molecule has 6 heterocycles. The molecule has 0 spiro atoms. The van der Waals surface area contributed by atoms with Crippen molar-refractivity contribution in [3.05, 3.63) is 109 Å². The number of fused-ring (bicyclic) bond motifs is 2. The van der Waals surface area contributed by atoms with E-state index >= 15 is 0 Å². The molecular formula is C30H20FN7S. The summed E-state index contributed by atoms with van der Waals surface area (Å²) in [5.41, 5.74) is 8.37. The van der Waals surface area contributed by atoms with E-state index in [2.05, 4.69) is 42.0 Å². The van der Waals surface area contributed by atoms with Crippen LogP contribution in [0.4, 0.5) is 10.1 Å². The van der Waals surface area contributed by atoms with Crippen molar-refractivity contribution < 1.29 is 4.39 Å². The number of aromatic amines is 2. The van der Waals surface area contributed by atoms with Gasteiger partial charge in [0.15, 0.2) is 10.8 Å². The third-order valence-electron chi connectivity index (χ3n) is 6.54. The number of anilines is 1. The highest BCUT2D eigenvalue weighted by Gasteiger charge is 2.16. The Kier molecular flexibility index (Phi) is 5.49. The molecular weight excluding hydrogens is 509 g/mol. The maximum atomic E-state index is 13.7. The summed E-state index contributed by atoms with van der Waals surface area (Å²) in [7, 11) is 0. The minimum Gasteiger partial charge on any atom is -0.354 e. The van der Waals surface area contributed by atoms with Gasteiger partial charge in [0, 0.05) is 56.6 Å². The molecule has 39 heavy (non-hydrogen) atoms. The molecule has 9 heteroatoms. The third-order valence-corrected chi connectivity index (χ3v) is 7.45. The van der Waals surface area contributed by atoms with Gasteiger partial charge in [-0.2, -0.15) is 9.49 Å². The number of aromatic nitrogens is 6. The van der Waals surface area contributed by atoms with Gasteiger partial charge >= 0.3 is 0 Å². The predicted molar refractivity (Wildman–Crippen MR) is 155 cm³/mol. The molecule has 7 aromatic rings. The molecule has 1 aromatic carbocycles. The number of halogens is 1. The summed E-state index contributed by atoms with van der Waals surface area (Å²) in [6, 6.07) is 19.3. The quantitative estimate of drug-likeness (QED) is 0.207. The molecule has 188 valence electrons. The first-order valence-electron chi connectivity index (χ1n) is 12.2. The van der Waals surface area contributed by atoms with E-state index in [9.17, 15) is 4.39 Å². The van der Waals surface area contributed by atoms with E-state index in [0.717, 1.165) is 77.5 Å². The molecule has 0 amide bonds. The van der Waals surface area contributed by atoms with Crippen LogP contribution in [0.3, 0.4) is 0 Å². The second-order valence-corrected chi connectivity index (χ2v) is 10.1. The highest BCUT2D eigenvalue weighted by molar-refractivity contribution is 7.14. The van der Waals surface area contributed by atoms with Crippen LogP contribution in [0.2, 0.25) is 0 Å². The van der Waals surface area contributed by atoms with E-state index in [1.807, 2.05) is 48.5 Å². The number of nitrogens with zero attached hydrogens (tertiary/aromatic N) is 4. The van der Waals surface area contributed by atoms with Crippen molar-refractivity contribution in [2.24, 2.45) is 0 Å². The fraction of sp³-hybridized carbons (Fsp3) is 0. The Labute approximate surface area is 226 Å². The van der Waals surface area contributed by atoms with E-state index in [1.165, 1.54) is 6.07 Å². The highest BCUT2D eigenvalue weighted by atomic mass is 32.1. The Morgan fingerprint density at radius 2 is 1.72 bits per heavy atom. The third kappa shape index (κ3) is 4.24. The van der Waals surface area contributed by atoms with Gasteiger partial charge in [0.2, 0.25) is 0 Å². The molecule has 0 unspecified atom stereocenters. The average Bonchev–Trinajstić information content (AvgIpc) is 3.71. The van der Waals surface area contributed by atoms with E-state index in [1.54, 1.807) is 37.1 Å². The monoisotopic (exact) mass is 529 g/mol. The van der Waals surface area contributed by atoms with Crippen molar-refractivity contribution in [3.8, 4) is 33.0 Å². The second-order valence-electron chi connectivity index (χ2n) is 9.06. The van der Waals surface area contributed by atoms with Crippen LogP contribution in [0, 0.1) is 5.13 Å². The van der Waals surface area contributed by atoms with Gasteiger partial charge in [0.05, 0.1) is 29.3 Å². The summed E-state index contributed by atoms with van der Waals surface area (Å²) in [6.07, 6.45) is 8.89. The molecule has 0 saturated carbocycles. The number of hydrogen-bond donors (Lipinski definition) is 3. The lowest BCUT2D eigenvalue weighted by molar-refractivity contribution is 0.657. The van der Waals surface area contributed by atoms with Crippen LogP contribution < -0.4 is 5.32 Å². The number of H-pyrrole nitrogens is 2. The summed E-state index contributed by atoms with van der Waals surface area (Å²) in [5, 5.41) is 12.5. The topological polar surface area (TPSA) is 95.2 Å². The van der Waals surface area contributed by atoms with Crippen LogP contribution in [-0.2, 0) is 0 Å². The fourth-order valence-corrected chi connectivity index (χ4v) is 5.41. The number of hydrogen-bond acceptors (Lipinski definition) is 6. The molecule has 0 saturated heterocycles. The van der Waals surface area contributed by atoms with Crippen LogP contribution in [0.15, 0.2) is 98.2 Å². The van der Waals surface area contributed by atoms with Gasteiger partial charge in [-0.25, -0.2) is 4.98 Å². The maximum absolute atomic E-state index is 13.7. The smallest absolute Gasteiger partial charge is 0.176 e. The van der Waals surface area contributed by atoms with Crippen molar-refractivity contribution in [2.45, 2.75) is 0 Å². The van der Waals surface area contributed by atoms with Crippen LogP contribution in [0.5, 0.6) is 0 Å². The van der Waals surface area contributed by atoms with Crippen LogP contribution in [0.1, 0.15) is 5.56 Å². The van der Waals surface area contributed by atoms with Gasteiger partial charge in [0.25, 0.3) is 0 Å². The average molecular weight is 530 g/mol. The van der Waals surface area contributed by atoms with E-state index in [4.69, 9.17) is 0 Å². The fourth-order valence-electron chi connectivity index (χ4n) is 4.65. The van der Waals surface area contributed by atoms with Gasteiger partial charge in [-0.05, 0) is 35.9 Å². The molecule has 0 fully saturated rings. The molecule has 0 aliphatic carbocycles. The predicted octanol–water partition coefficient (Wildman–Crippen LogP) is 7.51. The first kappa shape index (κ1) is 23.0. The molecule has 0 radical (unpaired) electrons. The maximum Gasteiger partial charge on any atom is 0.176 e. The largest absolute Gasteiger partial charge is 0.354 e. The number of thiophene rings is 1. The highest BCUT2D eigenvalue weighted by Crippen LogP contribution is 2.36. The SMILES string of the molecule is C=C(Nc1cncc(-c2cnc3[nH]nc(-c4cc5c(-c6ccc(F)s6)cncc5[nH]4)c3c2)c1)c1ccccc1. The van der Waals surface area contributed by atoms with E-state index in [-0.39, 0.29) is 5.13 Å². The van der Waals surface area contributed by atoms with Crippen molar-refractivity contribution in [2.75, 3.05) is 5.32 Å². The first-order chi connectivity index (χ1) is 19.1. The lowest BCUT2D eigenvalue weighted by Gasteiger charge is -2.11. The minimum absolute atomic E-state index is 0.229. The molecule has 7 rings (SSSR count). The zero-order valence-corrected chi connectivity index (χ0v) is 21.3. The summed E-state index contributed by atoms with van der Waals surface area (Å²) >= 11 is 1.10. The summed E-state index contributed by atoms with van der Waals surface area (Å²) in [6.45, 7) is 4.16. The van der Waals surface area contributed by atoms with E-state index in [0.29, 0.717) is 5.65 Å². The first-order valence-corrected chi connectivity index (χ1v) is 13.0. The molecule has 0 bridgehead atoms. The van der Waals surface area contributed by atoms with Crippen molar-refractivity contribution in [3.63, 3.8) is 0 Å². The van der Waals surface area contributed by atoms with Gasteiger partial charge in [-0.15, -0.1) is 11.3 Å². The number of pyridine rings is 3. The Bertz CT molecular complexity index is 1990. The molecule has 0 aliphatic heterocycles. The van der Waals surface area contributed by atoms with E-state index < -0.39 is 0 Å². The van der Waals surface area contributed by atoms with Crippen LogP contribution >= 0.6 is 11.3 Å². The lowest BCUT2D eigenvalue weighted by atomic mass is 10.1. The van der Waals surface area contributed by atoms with Gasteiger partial charge < -0.3 is 10.3 Å². The van der Waals surface area contributed by atoms with Crippen LogP contribution in [-0.4, -0.2) is 30.1 Å². The number of benzene rings is 1. The van der Waals surface area contributed by atoms with Gasteiger partial charge in [-0.3, -0.25) is 15.1 Å². The molecule has 0 aliphatic rings. The Balaban J connectivity index is 1.25. The molecule has 3 N–H and O–H groups in total. The van der Waals surface area contributed by atoms with Crippen molar-refractivity contribution in [1.82, 2.24) is 30.1 Å². The molecule has 6 aromatic heterocycles. The van der Waals surface area contributed by atoms with Crippen molar-refractivity contribution >= 4 is 44.7 Å². The molecule has 0 atom stereocenters. The Morgan fingerprint density at radius 1 is 0.872 bits per heavy atom. The number of nitrogens with one attached hydrogen (secondary N) is 3. The van der Waals surface area contributed by atoms with Crippen LogP contribution in [0.25, 0.3) is 60.6 Å². The molecule has 7 nitrogen and oxygen atoms in total. The normalized spacial score (nSPS) is 11.3. The van der Waals surface area contributed by atoms with Gasteiger partial charge in [0.1, 0.15) is 5.69 Å². The summed E-state index contributed by atoms with van der Waals surface area (Å²) in [5.74, 6) is 0. The number of rotatable bonds is 6. The summed E-state index contributed by atoms with van der Waals surface area (Å²) < 4.78 is 13.7. The van der Waals surface area contributed by atoms with Crippen molar-refractivity contribution in [1.29, 1.82) is 0 Å². The zero-order valence-electron chi connectivity index (χ0n) is 20.4. The standard InChI is InChI=1S/C30H20FN7S/c1-17(18-5-3-2-4-6-18)35-21-9-19(12-32-14-21)20-10-23-29(37-38-30(23)34-13-20)25-11-22-24(15-33-16-26(22)36-25)27-7-8-28(31)39-27/h2-16,35-36H,1H2,(H,34,37,38). The zero-order chi connectivity index (χ0) is 26.3. The Hall–Kier alpha value is -5.15. The second kappa shape index (κ2) is 9.30. The summed E-state index contributed by atoms with van der Waals surface area (Å²) in [4.78, 5) is 17.6. The Morgan fingerprint density at radius 3 is 2.56 bits per heavy atom. The lowest BCUT2D eigenvalue weighted by Crippen LogP contribution is -1.98.